The van der Waals surface area contributed by atoms with Crippen molar-refractivity contribution in [3.05, 3.63) is 0 Å². The van der Waals surface area contributed by atoms with Crippen LogP contribution in [0.1, 0.15) is 6.42 Å². The molecule has 0 aromatic heterocycles. The lowest BCUT2D eigenvalue weighted by atomic mass is 10.2. The predicted octanol–water partition coefficient (Wildman–Crippen LogP) is -0.472. The number of hydrogen-bond donors (Lipinski definition) is 2. The monoisotopic (exact) mass is 163 g/mol. The molecule has 0 aromatic rings. The molecule has 0 radical (unpaired) electrons. The van der Waals surface area contributed by atoms with Crippen molar-refractivity contribution in [3.63, 3.8) is 0 Å². The molecular formula is C7H16NO3+. The molecule has 11 heavy (non-hydrogen) atoms. The van der Waals surface area contributed by atoms with Crippen LogP contribution in [0.4, 0.5) is 0 Å². The van der Waals surface area contributed by atoms with Crippen LogP contribution < -0.4 is 0 Å². The molecule has 0 fully saturated rings. The second-order valence-corrected chi connectivity index (χ2v) is 3.72. The lowest BCUT2D eigenvalue weighted by Crippen LogP contribution is -2.42. The molecule has 4 heteroatoms. The van der Waals surface area contributed by atoms with Crippen molar-refractivity contribution in [2.75, 3.05) is 27.7 Å². The van der Waals surface area contributed by atoms with Gasteiger partial charge in [0.2, 0.25) is 0 Å². The Kier molecular flexibility index (Phi) is 3.48. The van der Waals surface area contributed by atoms with Crippen LogP contribution in [0.15, 0.2) is 0 Å². The van der Waals surface area contributed by atoms with Gasteiger partial charge in [-0.1, -0.05) is 0 Å². The molecule has 4 nitrogen and oxygen atoms in total. The van der Waals surface area contributed by atoms with Crippen LogP contribution in [0, 0.1) is 0 Å². The molecule has 0 aliphatic rings. The van der Waals surface area contributed by atoms with E-state index >= 15 is 0 Å². The smallest absolute Gasteiger partial charge is 0.306 e. The highest BCUT2D eigenvalue weighted by molar-refractivity contribution is 5.67. The Morgan fingerprint density at radius 1 is 1.45 bits per heavy atom. The quantitative estimate of drug-likeness (QED) is 0.435. The summed E-state index contributed by atoms with van der Waals surface area (Å²) in [5.74, 6) is -0.953. The fraction of sp³-hybridized carbons (Fsp3) is 0.857. The van der Waals surface area contributed by atoms with Gasteiger partial charge in [0.1, 0.15) is 12.6 Å². The van der Waals surface area contributed by atoms with Crippen molar-refractivity contribution < 1.29 is 19.5 Å². The second kappa shape index (κ2) is 3.69. The van der Waals surface area contributed by atoms with Gasteiger partial charge in [-0.25, -0.2) is 0 Å². The van der Waals surface area contributed by atoms with E-state index in [0.717, 1.165) is 0 Å². The van der Waals surface area contributed by atoms with Crippen molar-refractivity contribution >= 4 is 5.97 Å². The van der Waals surface area contributed by atoms with Crippen LogP contribution >= 0.6 is 0 Å². The minimum Gasteiger partial charge on any atom is -0.481 e. The Hall–Kier alpha value is -0.610. The van der Waals surface area contributed by atoms with E-state index in [9.17, 15) is 4.79 Å². The fourth-order valence-electron chi connectivity index (χ4n) is 0.898. The summed E-state index contributed by atoms with van der Waals surface area (Å²) in [7, 11) is 5.72. The Bertz CT molecular complexity index is 139. The average molecular weight is 163 g/mol. The number of carboxylic acids is 1. The van der Waals surface area contributed by atoms with Crippen LogP contribution in [-0.2, 0) is 4.79 Å². The molecule has 0 aliphatic carbocycles. The molecular weight excluding hydrogens is 147 g/mol. The van der Waals surface area contributed by atoms with Gasteiger partial charge in [-0.3, -0.25) is 4.79 Å². The van der Waals surface area contributed by atoms with Gasteiger partial charge in [-0.2, -0.15) is 0 Å². The maximum absolute atomic E-state index is 10.1. The minimum atomic E-state index is -0.953. The summed E-state index contributed by atoms with van der Waals surface area (Å²) in [5.41, 5.74) is 0. The lowest BCUT2D eigenvalue weighted by Gasteiger charge is -2.25. The first-order valence-electron chi connectivity index (χ1n) is 3.51. The molecule has 2 N–H and O–H groups in total. The zero-order chi connectivity index (χ0) is 9.07. The Labute approximate surface area is 66.6 Å². The van der Waals surface area contributed by atoms with Crippen molar-refractivity contribution in [2.24, 2.45) is 0 Å². The van der Waals surface area contributed by atoms with Gasteiger partial charge in [0.05, 0.1) is 27.6 Å². The number of carbonyl (C=O) groups is 1. The van der Waals surface area contributed by atoms with Crippen molar-refractivity contribution in [1.29, 1.82) is 0 Å². The normalized spacial score (nSPS) is 14.5. The number of hydrogen-bond acceptors (Lipinski definition) is 2. The number of aliphatic hydroxyl groups is 1. The van der Waals surface area contributed by atoms with Crippen LogP contribution in [0.25, 0.3) is 0 Å². The molecule has 0 rings (SSSR count). The van der Waals surface area contributed by atoms with Gasteiger partial charge in [0.25, 0.3) is 0 Å². The first kappa shape index (κ1) is 10.4. The van der Waals surface area contributed by atoms with Gasteiger partial charge in [-0.05, 0) is 0 Å². The van der Waals surface area contributed by atoms with E-state index in [1.165, 1.54) is 0 Å². The molecule has 0 aromatic carbocycles. The first-order valence-corrected chi connectivity index (χ1v) is 3.51. The summed E-state index contributed by atoms with van der Waals surface area (Å²) < 4.78 is 0.578. The van der Waals surface area contributed by atoms with Crippen molar-refractivity contribution in [2.45, 2.75) is 12.5 Å². The van der Waals surface area contributed by atoms with Crippen LogP contribution in [0.5, 0.6) is 0 Å². The largest absolute Gasteiger partial charge is 0.481 e. The van der Waals surface area contributed by atoms with E-state index < -0.39 is 12.1 Å². The second-order valence-electron chi connectivity index (χ2n) is 3.72. The van der Waals surface area contributed by atoms with E-state index in [-0.39, 0.29) is 6.42 Å². The van der Waals surface area contributed by atoms with Gasteiger partial charge < -0.3 is 14.7 Å². The van der Waals surface area contributed by atoms with Crippen molar-refractivity contribution in [3.8, 4) is 0 Å². The van der Waals surface area contributed by atoms with Crippen LogP contribution in [-0.4, -0.2) is 54.5 Å². The minimum absolute atomic E-state index is 0.171. The molecule has 0 saturated heterocycles. The van der Waals surface area contributed by atoms with Gasteiger partial charge in [0.15, 0.2) is 0 Å². The van der Waals surface area contributed by atoms with E-state index in [2.05, 4.69) is 0 Å². The zero-order valence-corrected chi connectivity index (χ0v) is 7.24. The maximum Gasteiger partial charge on any atom is 0.306 e. The van der Waals surface area contributed by atoms with Crippen LogP contribution in [0.2, 0.25) is 0 Å². The number of aliphatic carboxylic acids is 1. The van der Waals surface area contributed by atoms with E-state index in [0.29, 0.717) is 11.0 Å². The fourth-order valence-corrected chi connectivity index (χ4v) is 0.898. The molecule has 0 saturated carbocycles. The molecule has 1 atom stereocenters. The molecule has 0 aliphatic heterocycles. The third kappa shape index (κ3) is 7.29. The highest BCUT2D eigenvalue weighted by Gasteiger charge is 2.17. The number of carboxylic acid groups (broad SMARTS) is 1. The molecule has 0 unspecified atom stereocenters. The zero-order valence-electron chi connectivity index (χ0n) is 7.24. The summed E-state index contributed by atoms with van der Waals surface area (Å²) in [6, 6.07) is 0. The SMILES string of the molecule is C[15N+](C)(C)C[C@H](O)CC(=O)O. The number of aliphatic hydroxyl groups excluding tert-OH is 1. The van der Waals surface area contributed by atoms with Gasteiger partial charge in [0, 0.05) is 0 Å². The van der Waals surface area contributed by atoms with Crippen molar-refractivity contribution in [1.82, 2.24) is 0 Å². The lowest BCUT2D eigenvalue weighted by molar-refractivity contribution is -0.873. The van der Waals surface area contributed by atoms with E-state index in [1.807, 2.05) is 21.1 Å². The number of rotatable bonds is 4. The molecule has 0 heterocycles. The first-order chi connectivity index (χ1) is 4.81. The molecule has 0 spiro atoms. The summed E-state index contributed by atoms with van der Waals surface area (Å²) in [5, 5.41) is 17.5. The Balaban J connectivity index is 3.69. The predicted molar refractivity (Wildman–Crippen MR) is 41.2 cm³/mol. The number of quaternary nitrogens is 1. The standard InChI is InChI=1S/C7H15NO3/c1-8(2,3)5-6(9)4-7(10)11/h6,9H,4-5H2,1-3H3/p+1/t6-/m1/s1/i8+1. The molecule has 0 bridgehead atoms. The molecule has 0 amide bonds. The van der Waals surface area contributed by atoms with Gasteiger partial charge in [-0.15, -0.1) is 0 Å². The van der Waals surface area contributed by atoms with E-state index in [1.54, 1.807) is 0 Å². The van der Waals surface area contributed by atoms with Gasteiger partial charge >= 0.3 is 5.97 Å². The third-order valence-electron chi connectivity index (χ3n) is 1.17. The number of nitrogens with zero attached hydrogens (tertiary/aromatic N) is 1. The summed E-state index contributed by atoms with van der Waals surface area (Å²) in [6.07, 6.45) is -0.914. The summed E-state index contributed by atoms with van der Waals surface area (Å²) in [4.78, 5) is 10.1. The van der Waals surface area contributed by atoms with Crippen LogP contribution in [0.3, 0.4) is 0 Å². The Morgan fingerprint density at radius 2 is 1.91 bits per heavy atom. The summed E-state index contributed by atoms with van der Waals surface area (Å²) in [6.45, 7) is 0.465. The average Bonchev–Trinajstić information content (AvgIpc) is 1.53. The number of likely N-dealkylation sites (N-methyl/N-ethyl adjacent to an activating group) is 1. The Morgan fingerprint density at radius 3 is 2.18 bits per heavy atom. The third-order valence-corrected chi connectivity index (χ3v) is 1.17. The topological polar surface area (TPSA) is 57.5 Å². The highest BCUT2D eigenvalue weighted by atomic mass is 16.4. The van der Waals surface area contributed by atoms with E-state index in [4.69, 9.17) is 10.2 Å². The summed E-state index contributed by atoms with van der Waals surface area (Å²) >= 11 is 0. The molecule has 66 valence electrons. The highest BCUT2D eigenvalue weighted by Crippen LogP contribution is 1.98. The maximum atomic E-state index is 10.1.